The Bertz CT molecular complexity index is 624. The minimum absolute atomic E-state index is 0.122. The molecule has 0 saturated heterocycles. The molecule has 20 heavy (non-hydrogen) atoms. The maximum absolute atomic E-state index is 12.4. The summed E-state index contributed by atoms with van der Waals surface area (Å²) in [5, 5.41) is 0. The molecule has 0 bridgehead atoms. The second-order valence-electron chi connectivity index (χ2n) is 4.41. The van der Waals surface area contributed by atoms with E-state index in [0.717, 1.165) is 5.56 Å². The van der Waals surface area contributed by atoms with Crippen molar-refractivity contribution in [1.82, 2.24) is 4.57 Å². The third kappa shape index (κ3) is 3.44. The summed E-state index contributed by atoms with van der Waals surface area (Å²) in [4.78, 5) is 11.8. The third-order valence-corrected chi connectivity index (χ3v) is 2.95. The zero-order valence-electron chi connectivity index (χ0n) is 11.1. The Hall–Kier alpha value is -2.17. The van der Waals surface area contributed by atoms with Crippen LogP contribution in [0.3, 0.4) is 0 Å². The molecule has 1 heterocycles. The van der Waals surface area contributed by atoms with E-state index in [1.807, 2.05) is 30.3 Å². The molecule has 0 N–H and O–H groups in total. The molecule has 2 rings (SSSR count). The molecule has 1 aromatic carbocycles. The van der Waals surface area contributed by atoms with Crippen molar-refractivity contribution < 1.29 is 13.5 Å². The zero-order chi connectivity index (χ0) is 14.5. The molecule has 0 unspecified atom stereocenters. The zero-order valence-corrected chi connectivity index (χ0v) is 11.1. The largest absolute Gasteiger partial charge is 0.483 e. The number of aromatic nitrogens is 1. The van der Waals surface area contributed by atoms with Crippen LogP contribution in [0, 0.1) is 6.92 Å². The lowest BCUT2D eigenvalue weighted by atomic mass is 10.2. The van der Waals surface area contributed by atoms with Crippen LogP contribution in [-0.4, -0.2) is 11.0 Å². The molecule has 106 valence electrons. The smallest absolute Gasteiger partial charge is 0.256 e. The number of ether oxygens (including phenoxy) is 1. The standard InChI is InChI=1S/C15H15F2NO2/c1-11-15(20-10-12-5-3-2-4-6-12)13(19)7-8-18(11)9-14(16)17/h2-8,14H,9-10H2,1H3. The highest BCUT2D eigenvalue weighted by Gasteiger charge is 2.12. The molecule has 1 aromatic heterocycles. The Kier molecular flexibility index (Phi) is 4.50. The van der Waals surface area contributed by atoms with Crippen LogP contribution in [-0.2, 0) is 13.2 Å². The van der Waals surface area contributed by atoms with Gasteiger partial charge >= 0.3 is 0 Å². The first kappa shape index (κ1) is 14.2. The minimum Gasteiger partial charge on any atom is -0.483 e. The fourth-order valence-corrected chi connectivity index (χ4v) is 1.91. The SMILES string of the molecule is Cc1c(OCc2ccccc2)c(=O)ccn1CC(F)F. The van der Waals surface area contributed by atoms with Gasteiger partial charge in [-0.3, -0.25) is 4.79 Å². The van der Waals surface area contributed by atoms with Crippen LogP contribution in [0.5, 0.6) is 5.75 Å². The van der Waals surface area contributed by atoms with E-state index in [9.17, 15) is 13.6 Å². The van der Waals surface area contributed by atoms with Gasteiger partial charge in [0, 0.05) is 12.3 Å². The number of hydrogen-bond donors (Lipinski definition) is 0. The van der Waals surface area contributed by atoms with E-state index in [1.54, 1.807) is 6.92 Å². The second-order valence-corrected chi connectivity index (χ2v) is 4.41. The number of benzene rings is 1. The molecule has 5 heteroatoms. The number of halogens is 2. The minimum atomic E-state index is -2.47. The molecule has 0 spiro atoms. The van der Waals surface area contributed by atoms with Crippen molar-refractivity contribution in [3.05, 3.63) is 64.1 Å². The van der Waals surface area contributed by atoms with Crippen molar-refractivity contribution in [2.45, 2.75) is 26.5 Å². The number of hydrogen-bond acceptors (Lipinski definition) is 2. The fourth-order valence-electron chi connectivity index (χ4n) is 1.91. The molecule has 0 amide bonds. The monoisotopic (exact) mass is 279 g/mol. The molecule has 2 aromatic rings. The highest BCUT2D eigenvalue weighted by Crippen LogP contribution is 2.15. The van der Waals surface area contributed by atoms with E-state index in [-0.39, 0.29) is 17.8 Å². The van der Waals surface area contributed by atoms with E-state index >= 15 is 0 Å². The molecule has 0 atom stereocenters. The average Bonchev–Trinajstić information content (AvgIpc) is 2.43. The predicted molar refractivity (Wildman–Crippen MR) is 72.2 cm³/mol. The second kappa shape index (κ2) is 6.32. The summed E-state index contributed by atoms with van der Waals surface area (Å²) in [5.41, 5.74) is 1.02. The molecule has 0 fully saturated rings. The lowest BCUT2D eigenvalue weighted by Gasteiger charge is -2.14. The molecule has 0 saturated carbocycles. The first-order valence-corrected chi connectivity index (χ1v) is 6.23. The average molecular weight is 279 g/mol. The molecular formula is C15H15F2NO2. The summed E-state index contributed by atoms with van der Waals surface area (Å²) in [5.74, 6) is 0.122. The highest BCUT2D eigenvalue weighted by molar-refractivity contribution is 5.28. The number of alkyl halides is 2. The summed E-state index contributed by atoms with van der Waals surface area (Å²) in [6.07, 6.45) is -1.11. The van der Waals surface area contributed by atoms with E-state index in [1.165, 1.54) is 16.8 Å². The van der Waals surface area contributed by atoms with Gasteiger partial charge in [-0.2, -0.15) is 0 Å². The van der Waals surface area contributed by atoms with Gasteiger partial charge in [0.2, 0.25) is 5.43 Å². The number of pyridine rings is 1. The molecule has 0 aliphatic heterocycles. The van der Waals surface area contributed by atoms with Crippen molar-refractivity contribution in [2.24, 2.45) is 0 Å². The molecule has 3 nitrogen and oxygen atoms in total. The Morgan fingerprint density at radius 3 is 2.55 bits per heavy atom. The summed E-state index contributed by atoms with van der Waals surface area (Å²) < 4.78 is 31.7. The summed E-state index contributed by atoms with van der Waals surface area (Å²) in [7, 11) is 0. The molecular weight excluding hydrogens is 264 g/mol. The highest BCUT2D eigenvalue weighted by atomic mass is 19.3. The van der Waals surface area contributed by atoms with Gasteiger partial charge in [-0.25, -0.2) is 8.78 Å². The van der Waals surface area contributed by atoms with Crippen LogP contribution in [0.2, 0.25) is 0 Å². The van der Waals surface area contributed by atoms with Crippen molar-refractivity contribution in [2.75, 3.05) is 0 Å². The third-order valence-electron chi connectivity index (χ3n) is 2.95. The van der Waals surface area contributed by atoms with Gasteiger partial charge in [0.1, 0.15) is 6.61 Å². The normalized spacial score (nSPS) is 10.8. The lowest BCUT2D eigenvalue weighted by molar-refractivity contribution is 0.125. The summed E-state index contributed by atoms with van der Waals surface area (Å²) in [6, 6.07) is 10.6. The Morgan fingerprint density at radius 2 is 1.90 bits per heavy atom. The Balaban J connectivity index is 2.20. The van der Waals surface area contributed by atoms with Gasteiger partial charge in [0.15, 0.2) is 5.75 Å². The number of nitrogens with zero attached hydrogens (tertiary/aromatic N) is 1. The van der Waals surface area contributed by atoms with Crippen molar-refractivity contribution in [3.63, 3.8) is 0 Å². The van der Waals surface area contributed by atoms with Gasteiger partial charge in [-0.05, 0) is 12.5 Å². The van der Waals surface area contributed by atoms with Gasteiger partial charge < -0.3 is 9.30 Å². The van der Waals surface area contributed by atoms with Crippen LogP contribution < -0.4 is 10.2 Å². The lowest BCUT2D eigenvalue weighted by Crippen LogP contribution is -2.17. The van der Waals surface area contributed by atoms with Gasteiger partial charge in [-0.1, -0.05) is 30.3 Å². The maximum Gasteiger partial charge on any atom is 0.256 e. The van der Waals surface area contributed by atoms with Crippen molar-refractivity contribution >= 4 is 0 Å². The van der Waals surface area contributed by atoms with E-state index in [2.05, 4.69) is 0 Å². The molecule has 0 aliphatic rings. The van der Waals surface area contributed by atoms with E-state index in [0.29, 0.717) is 5.69 Å². The first-order valence-electron chi connectivity index (χ1n) is 6.23. The first-order chi connectivity index (χ1) is 9.58. The Morgan fingerprint density at radius 1 is 1.20 bits per heavy atom. The topological polar surface area (TPSA) is 31.2 Å². The van der Waals surface area contributed by atoms with Crippen LogP contribution in [0.4, 0.5) is 8.78 Å². The Labute approximate surface area is 115 Å². The quantitative estimate of drug-likeness (QED) is 0.842. The fraction of sp³-hybridized carbons (Fsp3) is 0.267. The predicted octanol–water partition coefficient (Wildman–Crippen LogP) is 3.00. The maximum atomic E-state index is 12.4. The van der Waals surface area contributed by atoms with Crippen LogP contribution >= 0.6 is 0 Å². The van der Waals surface area contributed by atoms with E-state index < -0.39 is 13.0 Å². The van der Waals surface area contributed by atoms with Crippen LogP contribution in [0.1, 0.15) is 11.3 Å². The van der Waals surface area contributed by atoms with Crippen molar-refractivity contribution in [3.8, 4) is 5.75 Å². The van der Waals surface area contributed by atoms with Crippen molar-refractivity contribution in [1.29, 1.82) is 0 Å². The molecule has 0 radical (unpaired) electrons. The van der Waals surface area contributed by atoms with Crippen LogP contribution in [0.15, 0.2) is 47.4 Å². The van der Waals surface area contributed by atoms with E-state index in [4.69, 9.17) is 4.74 Å². The number of rotatable bonds is 5. The van der Waals surface area contributed by atoms with Gasteiger partial charge in [0.05, 0.1) is 12.2 Å². The van der Waals surface area contributed by atoms with Gasteiger partial charge in [0.25, 0.3) is 6.43 Å². The summed E-state index contributed by atoms with van der Waals surface area (Å²) in [6.45, 7) is 1.38. The van der Waals surface area contributed by atoms with Crippen LogP contribution in [0.25, 0.3) is 0 Å². The van der Waals surface area contributed by atoms with Gasteiger partial charge in [-0.15, -0.1) is 0 Å². The summed E-state index contributed by atoms with van der Waals surface area (Å²) >= 11 is 0. The molecule has 0 aliphatic carbocycles.